The summed E-state index contributed by atoms with van der Waals surface area (Å²) in [5.74, 6) is -2.12. The number of hydrogen-bond acceptors (Lipinski definition) is 3. The van der Waals surface area contributed by atoms with Gasteiger partial charge in [-0.1, -0.05) is 0 Å². The highest BCUT2D eigenvalue weighted by atomic mass is 19.2. The van der Waals surface area contributed by atoms with Crippen molar-refractivity contribution in [1.82, 2.24) is 9.80 Å². The first-order valence-corrected chi connectivity index (χ1v) is 6.21. The third-order valence-electron chi connectivity index (χ3n) is 2.80. The Labute approximate surface area is 112 Å². The summed E-state index contributed by atoms with van der Waals surface area (Å²) in [4.78, 5) is 15.8. The lowest BCUT2D eigenvalue weighted by Gasteiger charge is -2.17. The molecule has 0 radical (unpaired) electrons. The second kappa shape index (κ2) is 7.31. The van der Waals surface area contributed by atoms with Gasteiger partial charge in [-0.05, 0) is 58.9 Å². The molecule has 0 atom stereocenters. The van der Waals surface area contributed by atoms with Crippen molar-refractivity contribution in [1.29, 1.82) is 0 Å². The molecule has 106 valence electrons. The largest absolute Gasteiger partial charge is 0.309 e. The Bertz CT molecular complexity index is 435. The maximum Gasteiger partial charge on any atom is 0.176 e. The molecule has 0 bridgehead atoms. The van der Waals surface area contributed by atoms with Gasteiger partial charge in [-0.2, -0.15) is 0 Å². The number of carbonyl (C=O) groups excluding carboxylic acids is 1. The quantitative estimate of drug-likeness (QED) is 0.708. The second-order valence-electron chi connectivity index (χ2n) is 4.95. The molecule has 0 saturated heterocycles. The summed E-state index contributed by atoms with van der Waals surface area (Å²) < 4.78 is 25.8. The summed E-state index contributed by atoms with van der Waals surface area (Å²) >= 11 is 0. The first-order chi connectivity index (χ1) is 8.90. The number of nitrogens with zero attached hydrogens (tertiary/aromatic N) is 2. The number of hydrogen-bond donors (Lipinski definition) is 0. The number of benzene rings is 1. The van der Waals surface area contributed by atoms with Crippen molar-refractivity contribution in [3.05, 3.63) is 35.4 Å². The Morgan fingerprint density at radius 2 is 1.79 bits per heavy atom. The summed E-state index contributed by atoms with van der Waals surface area (Å²) in [6.07, 6.45) is 0.953. The van der Waals surface area contributed by atoms with Crippen molar-refractivity contribution >= 4 is 5.78 Å². The fourth-order valence-electron chi connectivity index (χ4n) is 1.74. The fraction of sp³-hybridized carbons (Fsp3) is 0.500. The van der Waals surface area contributed by atoms with Crippen LogP contribution in [0.5, 0.6) is 0 Å². The molecule has 0 saturated carbocycles. The van der Waals surface area contributed by atoms with Crippen LogP contribution in [0.4, 0.5) is 8.78 Å². The molecule has 0 N–H and O–H groups in total. The molecule has 0 fully saturated rings. The summed E-state index contributed by atoms with van der Waals surface area (Å²) in [5.41, 5.74) is 0.207. The van der Waals surface area contributed by atoms with Crippen LogP contribution in [0.25, 0.3) is 0 Å². The molecule has 1 aromatic carbocycles. The van der Waals surface area contributed by atoms with Crippen LogP contribution in [0.2, 0.25) is 0 Å². The van der Waals surface area contributed by atoms with Gasteiger partial charge in [0.25, 0.3) is 0 Å². The lowest BCUT2D eigenvalue weighted by molar-refractivity contribution is 0.0944. The van der Waals surface area contributed by atoms with Crippen LogP contribution in [0.15, 0.2) is 18.2 Å². The van der Waals surface area contributed by atoms with Crippen LogP contribution >= 0.6 is 0 Å². The number of carbonyl (C=O) groups is 1. The van der Waals surface area contributed by atoms with E-state index in [-0.39, 0.29) is 17.9 Å². The van der Waals surface area contributed by atoms with Gasteiger partial charge in [0.1, 0.15) is 0 Å². The number of halogens is 2. The van der Waals surface area contributed by atoms with Crippen molar-refractivity contribution < 1.29 is 13.6 Å². The van der Waals surface area contributed by atoms with E-state index >= 15 is 0 Å². The predicted octanol–water partition coefficient (Wildman–Crippen LogP) is 2.03. The fourth-order valence-corrected chi connectivity index (χ4v) is 1.74. The monoisotopic (exact) mass is 270 g/mol. The van der Waals surface area contributed by atoms with E-state index in [0.29, 0.717) is 0 Å². The molecule has 19 heavy (non-hydrogen) atoms. The van der Waals surface area contributed by atoms with Crippen LogP contribution in [0, 0.1) is 11.6 Å². The second-order valence-corrected chi connectivity index (χ2v) is 4.95. The van der Waals surface area contributed by atoms with Gasteiger partial charge in [-0.15, -0.1) is 0 Å². The molecule has 0 unspecified atom stereocenters. The van der Waals surface area contributed by atoms with Gasteiger partial charge in [0, 0.05) is 5.56 Å². The van der Waals surface area contributed by atoms with Crippen LogP contribution in [-0.4, -0.2) is 56.4 Å². The minimum Gasteiger partial charge on any atom is -0.309 e. The maximum atomic E-state index is 13.0. The topological polar surface area (TPSA) is 23.6 Å². The van der Waals surface area contributed by atoms with Gasteiger partial charge in [-0.25, -0.2) is 8.78 Å². The molecule has 0 aliphatic heterocycles. The lowest BCUT2D eigenvalue weighted by Crippen LogP contribution is -2.29. The summed E-state index contributed by atoms with van der Waals surface area (Å²) in [7, 11) is 5.83. The Morgan fingerprint density at radius 1 is 1.11 bits per heavy atom. The SMILES string of the molecule is CN(C)CCCN(C)CC(=O)c1ccc(F)c(F)c1. The molecule has 3 nitrogen and oxygen atoms in total. The Morgan fingerprint density at radius 3 is 2.37 bits per heavy atom. The van der Waals surface area contributed by atoms with Crippen LogP contribution < -0.4 is 0 Å². The smallest absolute Gasteiger partial charge is 0.176 e. The van der Waals surface area contributed by atoms with E-state index in [4.69, 9.17) is 0 Å². The lowest BCUT2D eigenvalue weighted by atomic mass is 10.1. The zero-order chi connectivity index (χ0) is 14.4. The molecule has 1 rings (SSSR count). The molecule has 5 heteroatoms. The molecular weight excluding hydrogens is 250 g/mol. The normalized spacial score (nSPS) is 11.3. The zero-order valence-electron chi connectivity index (χ0n) is 11.6. The van der Waals surface area contributed by atoms with Gasteiger partial charge >= 0.3 is 0 Å². The third-order valence-corrected chi connectivity index (χ3v) is 2.80. The summed E-state index contributed by atoms with van der Waals surface area (Å²) in [6.45, 7) is 1.94. The average Bonchev–Trinajstić information content (AvgIpc) is 2.32. The van der Waals surface area contributed by atoms with Gasteiger partial charge in [0.05, 0.1) is 6.54 Å². The number of Topliss-reactive ketones (excluding diaryl/α,β-unsaturated/α-hetero) is 1. The van der Waals surface area contributed by atoms with Crippen LogP contribution in [0.3, 0.4) is 0 Å². The van der Waals surface area contributed by atoms with E-state index < -0.39 is 11.6 Å². The Kier molecular flexibility index (Phi) is 6.05. The van der Waals surface area contributed by atoms with Crippen LogP contribution in [-0.2, 0) is 0 Å². The predicted molar refractivity (Wildman–Crippen MR) is 71.4 cm³/mol. The van der Waals surface area contributed by atoms with E-state index in [0.717, 1.165) is 31.6 Å². The highest BCUT2D eigenvalue weighted by molar-refractivity contribution is 5.97. The minimum absolute atomic E-state index is 0.203. The first kappa shape index (κ1) is 15.7. The van der Waals surface area contributed by atoms with Gasteiger partial charge in [-0.3, -0.25) is 9.69 Å². The standard InChI is InChI=1S/C14H20F2N2O/c1-17(2)7-4-8-18(3)10-14(19)11-5-6-12(15)13(16)9-11/h5-6,9H,4,7-8,10H2,1-3H3. The van der Waals surface area contributed by atoms with Gasteiger partial charge < -0.3 is 4.90 Å². The van der Waals surface area contributed by atoms with Crippen molar-refractivity contribution in [3.8, 4) is 0 Å². The van der Waals surface area contributed by atoms with E-state index in [1.165, 1.54) is 6.07 Å². The first-order valence-electron chi connectivity index (χ1n) is 6.21. The summed E-state index contributed by atoms with van der Waals surface area (Å²) in [5, 5.41) is 0. The highest BCUT2D eigenvalue weighted by Gasteiger charge is 2.12. The number of rotatable bonds is 7. The van der Waals surface area contributed by atoms with E-state index in [1.54, 1.807) is 0 Å². The van der Waals surface area contributed by atoms with Crippen LogP contribution in [0.1, 0.15) is 16.8 Å². The zero-order valence-corrected chi connectivity index (χ0v) is 11.6. The van der Waals surface area contributed by atoms with Crippen molar-refractivity contribution in [2.24, 2.45) is 0 Å². The molecule has 0 aromatic heterocycles. The van der Waals surface area contributed by atoms with Crippen molar-refractivity contribution in [2.75, 3.05) is 40.8 Å². The average molecular weight is 270 g/mol. The molecule has 0 aliphatic carbocycles. The molecule has 0 amide bonds. The number of likely N-dealkylation sites (N-methyl/N-ethyl adjacent to an activating group) is 1. The van der Waals surface area contributed by atoms with E-state index in [2.05, 4.69) is 4.90 Å². The molecule has 1 aromatic rings. The minimum atomic E-state index is -0.985. The van der Waals surface area contributed by atoms with E-state index in [9.17, 15) is 13.6 Å². The van der Waals surface area contributed by atoms with Gasteiger partial charge in [0.15, 0.2) is 17.4 Å². The molecular formula is C14H20F2N2O. The van der Waals surface area contributed by atoms with E-state index in [1.807, 2.05) is 26.0 Å². The third kappa shape index (κ3) is 5.44. The molecule has 0 heterocycles. The highest BCUT2D eigenvalue weighted by Crippen LogP contribution is 2.09. The number of ketones is 1. The molecule has 0 spiro atoms. The van der Waals surface area contributed by atoms with Gasteiger partial charge in [0.2, 0.25) is 0 Å². The van der Waals surface area contributed by atoms with Crippen molar-refractivity contribution in [3.63, 3.8) is 0 Å². The molecule has 0 aliphatic rings. The Balaban J connectivity index is 2.47. The van der Waals surface area contributed by atoms with Crippen molar-refractivity contribution in [2.45, 2.75) is 6.42 Å². The Hall–Kier alpha value is -1.33. The summed E-state index contributed by atoms with van der Waals surface area (Å²) in [6, 6.07) is 3.24. The maximum absolute atomic E-state index is 13.0.